The van der Waals surface area contributed by atoms with E-state index in [0.29, 0.717) is 0 Å². The lowest BCUT2D eigenvalue weighted by Gasteiger charge is -1.92. The molecule has 0 rings (SSSR count). The second-order valence-corrected chi connectivity index (χ2v) is 1.24. The highest BCUT2D eigenvalue weighted by Gasteiger charge is 2.04. The second-order valence-electron chi connectivity index (χ2n) is 1.24. The number of carbonyl (C=O) groups is 1. The summed E-state index contributed by atoms with van der Waals surface area (Å²) in [4.78, 5) is 10.3. The molecule has 0 spiro atoms. The van der Waals surface area contributed by atoms with Crippen molar-refractivity contribution in [3.8, 4) is 6.26 Å². The topological polar surface area (TPSA) is 70.3 Å². The molecule has 4 nitrogen and oxygen atoms in total. The highest BCUT2D eigenvalue weighted by molar-refractivity contribution is 5.88. The third-order valence-corrected chi connectivity index (χ3v) is 0.618. The maximum Gasteiger partial charge on any atom is 0.351 e. The number of nitriles is 1. The first-order chi connectivity index (χ1) is 4.22. The Bertz CT molecular complexity index is 168. The SMILES string of the molecule is C=C(CO)C(=O)OC#N. The van der Waals surface area contributed by atoms with Crippen LogP contribution in [0.5, 0.6) is 0 Å². The van der Waals surface area contributed by atoms with Gasteiger partial charge >= 0.3 is 5.97 Å². The monoisotopic (exact) mass is 127 g/mol. The van der Waals surface area contributed by atoms with Crippen LogP contribution in [-0.4, -0.2) is 17.7 Å². The van der Waals surface area contributed by atoms with E-state index in [9.17, 15) is 4.79 Å². The molecule has 0 radical (unpaired) electrons. The fraction of sp³-hybridized carbons (Fsp3) is 0.200. The molecule has 0 bridgehead atoms. The van der Waals surface area contributed by atoms with Gasteiger partial charge in [-0.2, -0.15) is 0 Å². The highest BCUT2D eigenvalue weighted by Crippen LogP contribution is 1.89. The first-order valence-corrected chi connectivity index (χ1v) is 2.11. The molecule has 0 aromatic heterocycles. The average Bonchev–Trinajstić information content (AvgIpc) is 1.87. The largest absolute Gasteiger partial charge is 0.391 e. The molecule has 0 aliphatic rings. The highest BCUT2D eigenvalue weighted by atomic mass is 16.5. The molecular formula is C5H5NO3. The molecule has 9 heavy (non-hydrogen) atoms. The van der Waals surface area contributed by atoms with Crippen LogP contribution in [-0.2, 0) is 9.53 Å². The normalized spacial score (nSPS) is 7.56. The molecule has 0 aromatic rings. The van der Waals surface area contributed by atoms with Crippen LogP contribution in [0.3, 0.4) is 0 Å². The maximum atomic E-state index is 10.3. The molecule has 0 saturated heterocycles. The standard InChI is InChI=1S/C5H5NO3/c1-4(2-7)5(8)9-3-6/h7H,1-2H2. The predicted octanol–water partition coefficient (Wildman–Crippen LogP) is -0.441. The van der Waals surface area contributed by atoms with Gasteiger partial charge in [-0.05, 0) is 0 Å². The summed E-state index contributed by atoms with van der Waals surface area (Å²) in [5.41, 5.74) is -0.128. The number of hydrogen-bond acceptors (Lipinski definition) is 4. The molecule has 0 atom stereocenters. The summed E-state index contributed by atoms with van der Waals surface area (Å²) < 4.78 is 3.80. The van der Waals surface area contributed by atoms with E-state index in [2.05, 4.69) is 11.3 Å². The van der Waals surface area contributed by atoms with Gasteiger partial charge in [0, 0.05) is 0 Å². The zero-order chi connectivity index (χ0) is 7.28. The van der Waals surface area contributed by atoms with Crippen molar-refractivity contribution in [2.45, 2.75) is 0 Å². The van der Waals surface area contributed by atoms with E-state index < -0.39 is 12.6 Å². The van der Waals surface area contributed by atoms with Gasteiger partial charge < -0.3 is 9.84 Å². The van der Waals surface area contributed by atoms with E-state index >= 15 is 0 Å². The summed E-state index contributed by atoms with van der Waals surface area (Å²) in [5.74, 6) is -0.889. The van der Waals surface area contributed by atoms with Crippen LogP contribution in [0.15, 0.2) is 12.2 Å². The van der Waals surface area contributed by atoms with Crippen molar-refractivity contribution in [1.29, 1.82) is 5.26 Å². The van der Waals surface area contributed by atoms with Gasteiger partial charge in [-0.3, -0.25) is 0 Å². The first kappa shape index (κ1) is 7.66. The summed E-state index contributed by atoms with van der Waals surface area (Å²) in [6.45, 7) is 2.63. The Kier molecular flexibility index (Phi) is 3.09. The lowest BCUT2D eigenvalue weighted by molar-refractivity contribution is -0.133. The molecule has 4 heteroatoms. The van der Waals surface area contributed by atoms with Crippen LogP contribution in [0.4, 0.5) is 0 Å². The Hall–Kier alpha value is -1.34. The van der Waals surface area contributed by atoms with Crippen LogP contribution in [0, 0.1) is 11.5 Å². The Morgan fingerprint density at radius 1 is 1.89 bits per heavy atom. The molecule has 0 amide bonds. The van der Waals surface area contributed by atoms with Gasteiger partial charge in [0.05, 0.1) is 12.2 Å². The van der Waals surface area contributed by atoms with Crippen molar-refractivity contribution in [3.63, 3.8) is 0 Å². The van der Waals surface area contributed by atoms with Gasteiger partial charge in [0.15, 0.2) is 0 Å². The summed E-state index contributed by atoms with van der Waals surface area (Å²) in [6.07, 6.45) is 1.16. The quantitative estimate of drug-likeness (QED) is 0.310. The Labute approximate surface area is 52.0 Å². The fourth-order valence-corrected chi connectivity index (χ4v) is 0.178. The molecule has 0 heterocycles. The minimum absolute atomic E-state index is 0.128. The van der Waals surface area contributed by atoms with Gasteiger partial charge in [-0.1, -0.05) is 6.58 Å². The van der Waals surface area contributed by atoms with Gasteiger partial charge in [-0.15, -0.1) is 5.26 Å². The minimum atomic E-state index is -0.889. The number of ether oxygens (including phenoxy) is 1. The number of aliphatic hydroxyl groups is 1. The minimum Gasteiger partial charge on any atom is -0.391 e. The van der Waals surface area contributed by atoms with Crippen LogP contribution in [0.25, 0.3) is 0 Å². The molecule has 48 valence electrons. The lowest BCUT2D eigenvalue weighted by Crippen LogP contribution is -2.05. The van der Waals surface area contributed by atoms with E-state index in [1.165, 1.54) is 0 Å². The van der Waals surface area contributed by atoms with E-state index in [-0.39, 0.29) is 5.57 Å². The van der Waals surface area contributed by atoms with E-state index in [0.717, 1.165) is 6.26 Å². The van der Waals surface area contributed by atoms with Crippen LogP contribution >= 0.6 is 0 Å². The molecule has 0 fully saturated rings. The number of hydrogen-bond donors (Lipinski definition) is 1. The van der Waals surface area contributed by atoms with Crippen molar-refractivity contribution in [3.05, 3.63) is 12.2 Å². The summed E-state index contributed by atoms with van der Waals surface area (Å²) in [5, 5.41) is 16.0. The van der Waals surface area contributed by atoms with Gasteiger partial charge in [0.2, 0.25) is 0 Å². The molecule has 0 unspecified atom stereocenters. The van der Waals surface area contributed by atoms with Crippen molar-refractivity contribution >= 4 is 5.97 Å². The van der Waals surface area contributed by atoms with E-state index in [1.54, 1.807) is 0 Å². The summed E-state index contributed by atoms with van der Waals surface area (Å²) >= 11 is 0. The summed E-state index contributed by atoms with van der Waals surface area (Å²) in [7, 11) is 0. The van der Waals surface area contributed by atoms with Crippen LogP contribution < -0.4 is 0 Å². The number of nitrogens with zero attached hydrogens (tertiary/aromatic N) is 1. The number of rotatable bonds is 2. The lowest BCUT2D eigenvalue weighted by atomic mass is 10.3. The summed E-state index contributed by atoms with van der Waals surface area (Å²) in [6, 6.07) is 0. The van der Waals surface area contributed by atoms with Crippen molar-refractivity contribution in [2.24, 2.45) is 0 Å². The second kappa shape index (κ2) is 3.64. The number of aliphatic hydroxyl groups excluding tert-OH is 1. The van der Waals surface area contributed by atoms with Gasteiger partial charge in [0.25, 0.3) is 6.26 Å². The maximum absolute atomic E-state index is 10.3. The molecular weight excluding hydrogens is 122 g/mol. The molecule has 0 aromatic carbocycles. The van der Waals surface area contributed by atoms with Gasteiger partial charge in [-0.25, -0.2) is 4.79 Å². The van der Waals surface area contributed by atoms with Gasteiger partial charge in [0.1, 0.15) is 0 Å². The zero-order valence-corrected chi connectivity index (χ0v) is 4.63. The Morgan fingerprint density at radius 2 is 2.44 bits per heavy atom. The Balaban J connectivity index is 3.77. The van der Waals surface area contributed by atoms with Crippen molar-refractivity contribution in [1.82, 2.24) is 0 Å². The Morgan fingerprint density at radius 3 is 2.78 bits per heavy atom. The average molecular weight is 127 g/mol. The van der Waals surface area contributed by atoms with Crippen molar-refractivity contribution < 1.29 is 14.6 Å². The number of carbonyl (C=O) groups excluding carboxylic acids is 1. The number of esters is 1. The smallest absolute Gasteiger partial charge is 0.351 e. The van der Waals surface area contributed by atoms with E-state index in [4.69, 9.17) is 10.4 Å². The first-order valence-electron chi connectivity index (χ1n) is 2.11. The predicted molar refractivity (Wildman–Crippen MR) is 27.9 cm³/mol. The molecule has 0 aliphatic carbocycles. The zero-order valence-electron chi connectivity index (χ0n) is 4.63. The van der Waals surface area contributed by atoms with Crippen LogP contribution in [0.1, 0.15) is 0 Å². The molecule has 0 aliphatic heterocycles. The van der Waals surface area contributed by atoms with E-state index in [1.807, 2.05) is 0 Å². The molecule has 1 N–H and O–H groups in total. The fourth-order valence-electron chi connectivity index (χ4n) is 0.178. The van der Waals surface area contributed by atoms with Crippen LogP contribution in [0.2, 0.25) is 0 Å². The third-order valence-electron chi connectivity index (χ3n) is 0.618. The molecule has 0 saturated carbocycles. The van der Waals surface area contributed by atoms with Crippen molar-refractivity contribution in [2.75, 3.05) is 6.61 Å². The third kappa shape index (κ3) is 2.46.